The Kier molecular flexibility index (Phi) is 2.83. The Morgan fingerprint density at radius 2 is 2.43 bits per heavy atom. The Labute approximate surface area is 81.8 Å². The van der Waals surface area contributed by atoms with Gasteiger partial charge in [0.05, 0.1) is 0 Å². The van der Waals surface area contributed by atoms with Crippen LogP contribution in [0.15, 0.2) is 4.42 Å². The Morgan fingerprint density at radius 3 is 3.07 bits per heavy atom. The summed E-state index contributed by atoms with van der Waals surface area (Å²) in [4.78, 5) is 0. The molecule has 1 fully saturated rings. The monoisotopic (exact) mass is 198 g/mol. The molecule has 2 rings (SSSR count). The van der Waals surface area contributed by atoms with Crippen LogP contribution in [0.4, 0.5) is 12.0 Å². The van der Waals surface area contributed by atoms with Crippen molar-refractivity contribution in [1.82, 2.24) is 10.2 Å². The van der Waals surface area contributed by atoms with Crippen molar-refractivity contribution in [3.05, 3.63) is 0 Å². The van der Waals surface area contributed by atoms with Gasteiger partial charge in [-0.2, -0.15) is 0 Å². The Hall–Kier alpha value is -1.30. The maximum absolute atomic E-state index is 5.27. The minimum Gasteiger partial charge on any atom is -0.390 e. The number of aromatic nitrogens is 2. The van der Waals surface area contributed by atoms with Crippen LogP contribution >= 0.6 is 0 Å². The van der Waals surface area contributed by atoms with E-state index in [1.165, 1.54) is 0 Å². The highest BCUT2D eigenvalue weighted by molar-refractivity contribution is 5.22. The summed E-state index contributed by atoms with van der Waals surface area (Å²) in [5, 5.41) is 10.3. The predicted molar refractivity (Wildman–Crippen MR) is 50.7 cm³/mol. The average molecular weight is 198 g/mol. The molecule has 1 atom stereocenters. The van der Waals surface area contributed by atoms with Gasteiger partial charge in [-0.05, 0) is 18.8 Å². The molecule has 1 aromatic rings. The zero-order valence-electron chi connectivity index (χ0n) is 7.90. The van der Waals surface area contributed by atoms with Crippen LogP contribution < -0.4 is 11.1 Å². The summed E-state index contributed by atoms with van der Waals surface area (Å²) in [5.41, 5.74) is 5.27. The van der Waals surface area contributed by atoms with Crippen molar-refractivity contribution in [2.75, 3.05) is 30.8 Å². The first-order valence-corrected chi connectivity index (χ1v) is 4.75. The van der Waals surface area contributed by atoms with Crippen molar-refractivity contribution in [3.63, 3.8) is 0 Å². The van der Waals surface area contributed by atoms with E-state index in [-0.39, 0.29) is 6.01 Å². The first-order chi connectivity index (χ1) is 6.84. The van der Waals surface area contributed by atoms with Gasteiger partial charge in [0, 0.05) is 19.8 Å². The first-order valence-electron chi connectivity index (χ1n) is 4.75. The molecule has 1 aliphatic heterocycles. The molecular weight excluding hydrogens is 184 g/mol. The molecule has 0 bridgehead atoms. The molecular formula is C8H14N4O2. The summed E-state index contributed by atoms with van der Waals surface area (Å²) in [5.74, 6) is 0.655. The number of nitrogens with zero attached hydrogens (tertiary/aromatic N) is 2. The first kappa shape index (κ1) is 9.26. The number of hydrogen-bond donors (Lipinski definition) is 2. The van der Waals surface area contributed by atoms with Gasteiger partial charge in [-0.15, -0.1) is 0 Å². The lowest BCUT2D eigenvalue weighted by Crippen LogP contribution is -2.09. The van der Waals surface area contributed by atoms with E-state index < -0.39 is 0 Å². The quantitative estimate of drug-likeness (QED) is 0.732. The molecule has 0 aromatic carbocycles. The summed E-state index contributed by atoms with van der Waals surface area (Å²) < 4.78 is 10.2. The van der Waals surface area contributed by atoms with E-state index in [0.29, 0.717) is 11.9 Å². The van der Waals surface area contributed by atoms with Crippen molar-refractivity contribution in [3.8, 4) is 0 Å². The average Bonchev–Trinajstić information content (AvgIpc) is 2.77. The summed E-state index contributed by atoms with van der Waals surface area (Å²) in [7, 11) is 0. The van der Waals surface area contributed by atoms with Crippen LogP contribution in [0.5, 0.6) is 0 Å². The molecule has 6 nitrogen and oxygen atoms in total. The molecule has 3 N–H and O–H groups in total. The van der Waals surface area contributed by atoms with Crippen LogP contribution in [-0.2, 0) is 4.74 Å². The summed E-state index contributed by atoms with van der Waals surface area (Å²) in [6.45, 7) is 2.57. The molecule has 14 heavy (non-hydrogen) atoms. The predicted octanol–water partition coefficient (Wildman–Crippen LogP) is 0.490. The van der Waals surface area contributed by atoms with Crippen LogP contribution in [0.2, 0.25) is 0 Å². The van der Waals surface area contributed by atoms with E-state index in [1.54, 1.807) is 0 Å². The smallest absolute Gasteiger partial charge is 0.316 e. The Balaban J connectivity index is 1.67. The van der Waals surface area contributed by atoms with Crippen LogP contribution in [0.3, 0.4) is 0 Å². The molecule has 1 saturated heterocycles. The van der Waals surface area contributed by atoms with Crippen molar-refractivity contribution in [2.24, 2.45) is 5.92 Å². The zero-order valence-corrected chi connectivity index (χ0v) is 7.90. The third-order valence-corrected chi connectivity index (χ3v) is 2.29. The van der Waals surface area contributed by atoms with Gasteiger partial charge in [-0.25, -0.2) is 0 Å². The third-order valence-electron chi connectivity index (χ3n) is 2.29. The lowest BCUT2D eigenvalue weighted by atomic mass is 10.1. The molecule has 0 aliphatic carbocycles. The number of nitrogen functional groups attached to an aromatic ring is 1. The second-order valence-corrected chi connectivity index (χ2v) is 3.39. The van der Waals surface area contributed by atoms with Gasteiger partial charge < -0.3 is 20.2 Å². The van der Waals surface area contributed by atoms with Crippen LogP contribution in [0.1, 0.15) is 12.8 Å². The third kappa shape index (κ3) is 2.35. The molecule has 2 heterocycles. The second kappa shape index (κ2) is 4.28. The van der Waals surface area contributed by atoms with Gasteiger partial charge in [0.2, 0.25) is 0 Å². The maximum Gasteiger partial charge on any atom is 0.316 e. The number of anilines is 2. The van der Waals surface area contributed by atoms with Crippen molar-refractivity contribution < 1.29 is 9.15 Å². The van der Waals surface area contributed by atoms with Gasteiger partial charge in [-0.1, -0.05) is 10.2 Å². The number of nitrogens with one attached hydrogen (secondary N) is 1. The van der Waals surface area contributed by atoms with E-state index in [9.17, 15) is 0 Å². The fourth-order valence-corrected chi connectivity index (χ4v) is 1.50. The van der Waals surface area contributed by atoms with E-state index >= 15 is 0 Å². The van der Waals surface area contributed by atoms with E-state index in [1.807, 2.05) is 0 Å². The van der Waals surface area contributed by atoms with Gasteiger partial charge in [0.25, 0.3) is 0 Å². The fourth-order valence-electron chi connectivity index (χ4n) is 1.50. The molecule has 0 amide bonds. The SMILES string of the molecule is Nc1nnc(NCCC2CCOC2)o1. The zero-order chi connectivity index (χ0) is 9.80. The highest BCUT2D eigenvalue weighted by atomic mass is 16.5. The maximum atomic E-state index is 5.27. The van der Waals surface area contributed by atoms with Crippen LogP contribution in [0, 0.1) is 5.92 Å². The topological polar surface area (TPSA) is 86.2 Å². The molecule has 6 heteroatoms. The minimum atomic E-state index is 0.0942. The standard InChI is InChI=1S/C8H14N4O2/c9-7-11-12-8(14-7)10-3-1-6-2-4-13-5-6/h6H,1-5H2,(H2,9,11)(H,10,12). The highest BCUT2D eigenvalue weighted by Crippen LogP contribution is 2.16. The Bertz CT molecular complexity index is 283. The lowest BCUT2D eigenvalue weighted by Gasteiger charge is -2.06. The fraction of sp³-hybridized carbons (Fsp3) is 0.750. The van der Waals surface area contributed by atoms with E-state index in [0.717, 1.165) is 32.6 Å². The normalized spacial score (nSPS) is 21.3. The van der Waals surface area contributed by atoms with Gasteiger partial charge in [0.15, 0.2) is 0 Å². The van der Waals surface area contributed by atoms with Crippen molar-refractivity contribution in [2.45, 2.75) is 12.8 Å². The summed E-state index contributed by atoms with van der Waals surface area (Å²) >= 11 is 0. The number of rotatable bonds is 4. The van der Waals surface area contributed by atoms with E-state index in [4.69, 9.17) is 14.9 Å². The summed E-state index contributed by atoms with van der Waals surface area (Å²) in [6, 6.07) is 0.484. The molecule has 1 aliphatic rings. The van der Waals surface area contributed by atoms with Crippen molar-refractivity contribution in [1.29, 1.82) is 0 Å². The number of ether oxygens (including phenoxy) is 1. The van der Waals surface area contributed by atoms with Gasteiger partial charge in [-0.3, -0.25) is 0 Å². The minimum absolute atomic E-state index is 0.0942. The lowest BCUT2D eigenvalue weighted by molar-refractivity contribution is 0.185. The van der Waals surface area contributed by atoms with Crippen LogP contribution in [-0.4, -0.2) is 30.0 Å². The van der Waals surface area contributed by atoms with Gasteiger partial charge >= 0.3 is 12.0 Å². The van der Waals surface area contributed by atoms with E-state index in [2.05, 4.69) is 15.5 Å². The van der Waals surface area contributed by atoms with Crippen molar-refractivity contribution >= 4 is 12.0 Å². The van der Waals surface area contributed by atoms with Crippen LogP contribution in [0.25, 0.3) is 0 Å². The number of hydrogen-bond acceptors (Lipinski definition) is 6. The molecule has 0 saturated carbocycles. The Morgan fingerprint density at radius 1 is 1.50 bits per heavy atom. The highest BCUT2D eigenvalue weighted by Gasteiger charge is 2.15. The largest absolute Gasteiger partial charge is 0.390 e. The molecule has 78 valence electrons. The molecule has 1 unspecified atom stereocenters. The number of nitrogens with two attached hydrogens (primary N) is 1. The molecule has 0 spiro atoms. The molecule has 0 radical (unpaired) electrons. The second-order valence-electron chi connectivity index (χ2n) is 3.39. The molecule has 1 aromatic heterocycles. The van der Waals surface area contributed by atoms with Gasteiger partial charge in [0.1, 0.15) is 0 Å². The summed E-state index contributed by atoms with van der Waals surface area (Å²) in [6.07, 6.45) is 2.20.